The zero-order valence-electron chi connectivity index (χ0n) is 17.8. The van der Waals surface area contributed by atoms with Crippen molar-refractivity contribution in [3.63, 3.8) is 0 Å². The summed E-state index contributed by atoms with van der Waals surface area (Å²) in [7, 11) is 0. The lowest BCUT2D eigenvalue weighted by molar-refractivity contribution is -0.139. The van der Waals surface area contributed by atoms with Crippen LogP contribution in [0.2, 0.25) is 0 Å². The number of anilines is 2. The van der Waals surface area contributed by atoms with Gasteiger partial charge < -0.3 is 19.8 Å². The van der Waals surface area contributed by atoms with Crippen LogP contribution in [0, 0.1) is 5.41 Å². The molecule has 3 saturated heterocycles. The largest absolute Gasteiger partial charge is 0.393 e. The van der Waals surface area contributed by atoms with E-state index in [1.165, 1.54) is 0 Å². The first-order chi connectivity index (χ1) is 14.6. The van der Waals surface area contributed by atoms with Gasteiger partial charge in [-0.25, -0.2) is 0 Å². The van der Waals surface area contributed by atoms with Crippen molar-refractivity contribution in [2.24, 2.45) is 5.41 Å². The van der Waals surface area contributed by atoms with E-state index in [1.54, 1.807) is 0 Å². The molecule has 4 aliphatic rings. The third-order valence-corrected chi connectivity index (χ3v) is 7.83. The zero-order valence-corrected chi connectivity index (χ0v) is 17.8. The lowest BCUT2D eigenvalue weighted by Gasteiger charge is -2.41. The second-order valence-corrected chi connectivity index (χ2v) is 9.68. The normalized spacial score (nSPS) is 32.5. The third kappa shape index (κ3) is 3.49. The Hall–Kier alpha value is -2.08. The highest BCUT2D eigenvalue weighted by molar-refractivity contribution is 5.95. The molecule has 6 nitrogen and oxygen atoms in total. The van der Waals surface area contributed by atoms with Crippen molar-refractivity contribution in [3.8, 4) is 0 Å². The fourth-order valence-corrected chi connectivity index (χ4v) is 6.06. The number of carbonyl (C=O) groups is 2. The fourth-order valence-electron chi connectivity index (χ4n) is 6.06. The lowest BCUT2D eigenvalue weighted by atomic mass is 9.78. The Labute approximate surface area is 178 Å². The van der Waals surface area contributed by atoms with Gasteiger partial charge in [0.05, 0.1) is 11.5 Å². The van der Waals surface area contributed by atoms with Crippen molar-refractivity contribution in [1.82, 2.24) is 4.90 Å². The quantitative estimate of drug-likeness (QED) is 0.831. The van der Waals surface area contributed by atoms with E-state index in [9.17, 15) is 14.7 Å². The molecule has 6 heteroatoms. The van der Waals surface area contributed by atoms with Gasteiger partial charge in [-0.3, -0.25) is 9.59 Å². The van der Waals surface area contributed by atoms with Gasteiger partial charge >= 0.3 is 0 Å². The van der Waals surface area contributed by atoms with Gasteiger partial charge in [0.15, 0.2) is 0 Å². The summed E-state index contributed by atoms with van der Waals surface area (Å²) >= 11 is 0. The SMILES string of the molecule is O=C1CCCN1c1ccc(N2CCCC3(CCN([C@H]4CC[C@H](O)CC4)C3=O)C2)cc1. The molecule has 1 unspecified atom stereocenters. The second kappa shape index (κ2) is 7.88. The Morgan fingerprint density at radius 1 is 0.867 bits per heavy atom. The van der Waals surface area contributed by atoms with Gasteiger partial charge in [-0.2, -0.15) is 0 Å². The molecule has 4 fully saturated rings. The molecule has 1 N–H and O–H groups in total. The summed E-state index contributed by atoms with van der Waals surface area (Å²) in [6.07, 6.45) is 7.87. The molecule has 0 bridgehead atoms. The number of aliphatic hydroxyl groups is 1. The summed E-state index contributed by atoms with van der Waals surface area (Å²) in [5, 5.41) is 9.81. The molecule has 162 valence electrons. The molecule has 30 heavy (non-hydrogen) atoms. The van der Waals surface area contributed by atoms with Crippen LogP contribution in [0.4, 0.5) is 11.4 Å². The van der Waals surface area contributed by atoms with E-state index >= 15 is 0 Å². The Morgan fingerprint density at radius 3 is 2.30 bits per heavy atom. The molecule has 1 aromatic rings. The van der Waals surface area contributed by atoms with Crippen molar-refractivity contribution in [1.29, 1.82) is 0 Å². The van der Waals surface area contributed by atoms with Crippen LogP contribution in [0.15, 0.2) is 24.3 Å². The Bertz CT molecular complexity index is 802. The molecule has 1 aromatic carbocycles. The molecule has 1 atom stereocenters. The number of aliphatic hydroxyl groups excluding tert-OH is 1. The van der Waals surface area contributed by atoms with E-state index in [-0.39, 0.29) is 17.4 Å². The van der Waals surface area contributed by atoms with E-state index in [0.29, 0.717) is 18.4 Å². The summed E-state index contributed by atoms with van der Waals surface area (Å²) in [5.74, 6) is 0.555. The summed E-state index contributed by atoms with van der Waals surface area (Å²) < 4.78 is 0. The van der Waals surface area contributed by atoms with Gasteiger partial charge in [0.2, 0.25) is 11.8 Å². The van der Waals surface area contributed by atoms with Crippen LogP contribution in [0.3, 0.4) is 0 Å². The Kier molecular flexibility index (Phi) is 5.21. The van der Waals surface area contributed by atoms with E-state index in [4.69, 9.17) is 0 Å². The van der Waals surface area contributed by atoms with Crippen molar-refractivity contribution < 1.29 is 14.7 Å². The van der Waals surface area contributed by atoms with Gasteiger partial charge in [0.1, 0.15) is 0 Å². The number of hydrogen-bond donors (Lipinski definition) is 1. The van der Waals surface area contributed by atoms with E-state index in [0.717, 1.165) is 88.9 Å². The Morgan fingerprint density at radius 2 is 1.60 bits per heavy atom. The standard InChI is InChI=1S/C24H33N3O3/c28-21-10-8-20(9-11-21)27-16-13-24(23(27)30)12-2-14-25(17-24)18-4-6-19(7-5-18)26-15-1-3-22(26)29/h4-7,20-21,28H,1-3,8-17H2/t20-,21-,24?. The van der Waals surface area contributed by atoms with E-state index < -0.39 is 0 Å². The average molecular weight is 412 g/mol. The minimum absolute atomic E-state index is 0.183. The molecular formula is C24H33N3O3. The van der Waals surface area contributed by atoms with Gasteiger partial charge in [0, 0.05) is 50.0 Å². The number of rotatable bonds is 3. The topological polar surface area (TPSA) is 64.1 Å². The first-order valence-electron chi connectivity index (χ1n) is 11.7. The van der Waals surface area contributed by atoms with Crippen molar-refractivity contribution in [2.45, 2.75) is 69.9 Å². The fraction of sp³-hybridized carbons (Fsp3) is 0.667. The summed E-state index contributed by atoms with van der Waals surface area (Å²) in [6.45, 7) is 3.45. The summed E-state index contributed by atoms with van der Waals surface area (Å²) in [5.41, 5.74) is 1.88. The van der Waals surface area contributed by atoms with Crippen LogP contribution in [-0.2, 0) is 9.59 Å². The predicted octanol–water partition coefficient (Wildman–Crippen LogP) is 2.94. The minimum Gasteiger partial charge on any atom is -0.393 e. The van der Waals surface area contributed by atoms with Gasteiger partial charge in [0.25, 0.3) is 0 Å². The highest BCUT2D eigenvalue weighted by Gasteiger charge is 2.50. The van der Waals surface area contributed by atoms with Crippen molar-refractivity contribution >= 4 is 23.2 Å². The first kappa shape index (κ1) is 19.9. The monoisotopic (exact) mass is 411 g/mol. The molecular weight excluding hydrogens is 378 g/mol. The highest BCUT2D eigenvalue weighted by Crippen LogP contribution is 2.43. The minimum atomic E-state index is -0.252. The lowest BCUT2D eigenvalue weighted by Crippen LogP contribution is -2.50. The second-order valence-electron chi connectivity index (χ2n) is 9.68. The number of amides is 2. The maximum absolute atomic E-state index is 13.5. The predicted molar refractivity (Wildman–Crippen MR) is 117 cm³/mol. The third-order valence-electron chi connectivity index (χ3n) is 7.83. The number of carbonyl (C=O) groups excluding carboxylic acids is 2. The van der Waals surface area contributed by atoms with Crippen LogP contribution in [0.25, 0.3) is 0 Å². The van der Waals surface area contributed by atoms with Crippen LogP contribution >= 0.6 is 0 Å². The first-order valence-corrected chi connectivity index (χ1v) is 11.7. The van der Waals surface area contributed by atoms with Crippen LogP contribution in [-0.4, -0.2) is 60.1 Å². The zero-order chi connectivity index (χ0) is 20.7. The van der Waals surface area contributed by atoms with Crippen molar-refractivity contribution in [3.05, 3.63) is 24.3 Å². The smallest absolute Gasteiger partial charge is 0.230 e. The molecule has 1 spiro atoms. The van der Waals surface area contributed by atoms with Crippen LogP contribution in [0.5, 0.6) is 0 Å². The number of benzene rings is 1. The molecule has 1 aliphatic carbocycles. The van der Waals surface area contributed by atoms with E-state index in [1.807, 2.05) is 4.90 Å². The van der Waals surface area contributed by atoms with Crippen molar-refractivity contribution in [2.75, 3.05) is 36.0 Å². The molecule has 3 heterocycles. The van der Waals surface area contributed by atoms with Gasteiger partial charge in [-0.15, -0.1) is 0 Å². The molecule has 0 aromatic heterocycles. The number of nitrogens with zero attached hydrogens (tertiary/aromatic N) is 3. The number of likely N-dealkylation sites (tertiary alicyclic amines) is 1. The summed E-state index contributed by atoms with van der Waals surface area (Å²) in [6, 6.07) is 8.64. The maximum Gasteiger partial charge on any atom is 0.230 e. The molecule has 1 saturated carbocycles. The molecule has 2 amide bonds. The van der Waals surface area contributed by atoms with Gasteiger partial charge in [-0.1, -0.05) is 0 Å². The number of hydrogen-bond acceptors (Lipinski definition) is 4. The molecule has 0 radical (unpaired) electrons. The number of piperidine rings is 1. The Balaban J connectivity index is 1.28. The average Bonchev–Trinajstić information content (AvgIpc) is 3.33. The molecule has 3 aliphatic heterocycles. The molecule has 5 rings (SSSR count). The highest BCUT2D eigenvalue weighted by atomic mass is 16.3. The van der Waals surface area contributed by atoms with Gasteiger partial charge in [-0.05, 0) is 75.6 Å². The van der Waals surface area contributed by atoms with E-state index in [2.05, 4.69) is 34.1 Å². The van der Waals surface area contributed by atoms with Crippen LogP contribution < -0.4 is 9.80 Å². The summed E-state index contributed by atoms with van der Waals surface area (Å²) in [4.78, 5) is 31.9. The maximum atomic E-state index is 13.5. The van der Waals surface area contributed by atoms with Crippen LogP contribution in [0.1, 0.15) is 57.8 Å².